The molecule has 0 aromatic carbocycles. The maximum atomic E-state index is 8.41. The Balaban J connectivity index is 2.10. The summed E-state index contributed by atoms with van der Waals surface area (Å²) in [5.74, 6) is 0. The number of ether oxygens (including phenoxy) is 1. The lowest BCUT2D eigenvalue weighted by molar-refractivity contribution is 0.0267. The Labute approximate surface area is 73.5 Å². The lowest BCUT2D eigenvalue weighted by Gasteiger charge is -2.22. The van der Waals surface area contributed by atoms with Gasteiger partial charge in [-0.2, -0.15) is 5.26 Å². The lowest BCUT2D eigenvalue weighted by atomic mass is 9.98. The van der Waals surface area contributed by atoms with Gasteiger partial charge in [-0.05, 0) is 12.8 Å². The first kappa shape index (κ1) is 9.50. The fraction of sp³-hybridized carbons (Fsp3) is 0.889. The van der Waals surface area contributed by atoms with Crippen LogP contribution < -0.4 is 5.73 Å². The van der Waals surface area contributed by atoms with Gasteiger partial charge in [-0.3, -0.25) is 0 Å². The summed E-state index contributed by atoms with van der Waals surface area (Å²) >= 11 is 0. The highest BCUT2D eigenvalue weighted by molar-refractivity contribution is 4.86. The highest BCUT2D eigenvalue weighted by Crippen LogP contribution is 2.19. The van der Waals surface area contributed by atoms with E-state index in [0.717, 1.165) is 12.8 Å². The second-order valence-electron chi connectivity index (χ2n) is 3.33. The molecule has 0 aromatic heterocycles. The standard InChI is InChI=1S/C9H16N2O/c10-6-8(11)7-12-9-4-2-1-3-5-9/h8-9H,1-5,7,11H2. The van der Waals surface area contributed by atoms with Crippen molar-refractivity contribution in [2.24, 2.45) is 5.73 Å². The summed E-state index contributed by atoms with van der Waals surface area (Å²) in [4.78, 5) is 0. The van der Waals surface area contributed by atoms with E-state index in [1.807, 2.05) is 6.07 Å². The van der Waals surface area contributed by atoms with Crippen LogP contribution in [-0.4, -0.2) is 18.8 Å². The molecule has 1 saturated carbocycles. The molecule has 1 aliphatic carbocycles. The molecule has 1 aliphatic rings. The molecule has 0 radical (unpaired) electrons. The fourth-order valence-corrected chi connectivity index (χ4v) is 1.51. The Kier molecular flexibility index (Phi) is 4.06. The van der Waals surface area contributed by atoms with Gasteiger partial charge in [0.15, 0.2) is 0 Å². The molecule has 2 N–H and O–H groups in total. The summed E-state index contributed by atoms with van der Waals surface area (Å²) in [7, 11) is 0. The van der Waals surface area contributed by atoms with E-state index >= 15 is 0 Å². The van der Waals surface area contributed by atoms with Crippen molar-refractivity contribution < 1.29 is 4.74 Å². The predicted molar refractivity (Wildman–Crippen MR) is 46.4 cm³/mol. The monoisotopic (exact) mass is 168 g/mol. The van der Waals surface area contributed by atoms with Crippen LogP contribution in [0, 0.1) is 11.3 Å². The first-order chi connectivity index (χ1) is 5.83. The predicted octanol–water partition coefficient (Wildman–Crippen LogP) is 1.19. The van der Waals surface area contributed by atoms with Crippen molar-refractivity contribution in [1.82, 2.24) is 0 Å². The van der Waals surface area contributed by atoms with E-state index in [0.29, 0.717) is 12.7 Å². The van der Waals surface area contributed by atoms with Crippen LogP contribution in [0.5, 0.6) is 0 Å². The largest absolute Gasteiger partial charge is 0.375 e. The van der Waals surface area contributed by atoms with E-state index < -0.39 is 6.04 Å². The Morgan fingerprint density at radius 3 is 2.67 bits per heavy atom. The Morgan fingerprint density at radius 2 is 2.08 bits per heavy atom. The number of nitriles is 1. The first-order valence-corrected chi connectivity index (χ1v) is 4.59. The summed E-state index contributed by atoms with van der Waals surface area (Å²) in [5.41, 5.74) is 5.40. The average molecular weight is 168 g/mol. The third kappa shape index (κ3) is 3.21. The molecule has 3 heteroatoms. The number of nitrogens with two attached hydrogens (primary N) is 1. The second kappa shape index (κ2) is 5.13. The lowest BCUT2D eigenvalue weighted by Crippen LogP contribution is -2.28. The molecule has 1 atom stereocenters. The van der Waals surface area contributed by atoms with Crippen LogP contribution in [0.25, 0.3) is 0 Å². The molecule has 0 heterocycles. The van der Waals surface area contributed by atoms with Crippen molar-refractivity contribution >= 4 is 0 Å². The van der Waals surface area contributed by atoms with Crippen LogP contribution in [0.15, 0.2) is 0 Å². The van der Waals surface area contributed by atoms with E-state index in [1.54, 1.807) is 0 Å². The van der Waals surface area contributed by atoms with Gasteiger partial charge >= 0.3 is 0 Å². The van der Waals surface area contributed by atoms with Gasteiger partial charge in [0.1, 0.15) is 6.04 Å². The SMILES string of the molecule is N#CC(N)COC1CCCCC1. The van der Waals surface area contributed by atoms with Crippen molar-refractivity contribution in [3.63, 3.8) is 0 Å². The van der Waals surface area contributed by atoms with E-state index in [2.05, 4.69) is 0 Å². The van der Waals surface area contributed by atoms with Crippen LogP contribution in [0.4, 0.5) is 0 Å². The third-order valence-electron chi connectivity index (χ3n) is 2.23. The second-order valence-corrected chi connectivity index (χ2v) is 3.33. The molecular weight excluding hydrogens is 152 g/mol. The van der Waals surface area contributed by atoms with Crippen LogP contribution in [0.3, 0.4) is 0 Å². The molecule has 1 unspecified atom stereocenters. The molecule has 0 spiro atoms. The molecule has 3 nitrogen and oxygen atoms in total. The first-order valence-electron chi connectivity index (χ1n) is 4.59. The minimum absolute atomic E-state index is 0.359. The minimum atomic E-state index is -0.452. The van der Waals surface area contributed by atoms with Crippen molar-refractivity contribution in [3.8, 4) is 6.07 Å². The van der Waals surface area contributed by atoms with Crippen LogP contribution in [0.2, 0.25) is 0 Å². The number of hydrogen-bond acceptors (Lipinski definition) is 3. The molecule has 0 aromatic rings. The van der Waals surface area contributed by atoms with Crippen molar-refractivity contribution in [2.75, 3.05) is 6.61 Å². The number of nitrogens with zero attached hydrogens (tertiary/aromatic N) is 1. The molecule has 12 heavy (non-hydrogen) atoms. The normalized spacial score (nSPS) is 21.7. The zero-order valence-corrected chi connectivity index (χ0v) is 7.33. The third-order valence-corrected chi connectivity index (χ3v) is 2.23. The molecule has 68 valence electrons. The van der Waals surface area contributed by atoms with E-state index in [1.165, 1.54) is 19.3 Å². The van der Waals surface area contributed by atoms with Crippen LogP contribution in [-0.2, 0) is 4.74 Å². The Bertz CT molecular complexity index is 158. The molecule has 1 rings (SSSR count). The molecule has 0 aliphatic heterocycles. The van der Waals surface area contributed by atoms with Gasteiger partial charge < -0.3 is 10.5 Å². The van der Waals surface area contributed by atoms with Crippen LogP contribution in [0.1, 0.15) is 32.1 Å². The van der Waals surface area contributed by atoms with Gasteiger partial charge in [0, 0.05) is 0 Å². The van der Waals surface area contributed by atoms with Gasteiger partial charge in [0.25, 0.3) is 0 Å². The zero-order chi connectivity index (χ0) is 8.81. The van der Waals surface area contributed by atoms with Crippen molar-refractivity contribution in [1.29, 1.82) is 5.26 Å². The number of rotatable bonds is 3. The fourth-order valence-electron chi connectivity index (χ4n) is 1.51. The maximum absolute atomic E-state index is 8.41. The van der Waals surface area contributed by atoms with Crippen LogP contribution >= 0.6 is 0 Å². The van der Waals surface area contributed by atoms with E-state index in [4.69, 9.17) is 15.7 Å². The van der Waals surface area contributed by atoms with Crippen molar-refractivity contribution in [2.45, 2.75) is 44.2 Å². The molecular formula is C9H16N2O. The highest BCUT2D eigenvalue weighted by atomic mass is 16.5. The zero-order valence-electron chi connectivity index (χ0n) is 7.33. The highest BCUT2D eigenvalue weighted by Gasteiger charge is 2.14. The van der Waals surface area contributed by atoms with Crippen molar-refractivity contribution in [3.05, 3.63) is 0 Å². The summed E-state index contributed by atoms with van der Waals surface area (Å²) in [6.07, 6.45) is 6.47. The topological polar surface area (TPSA) is 59.0 Å². The Hall–Kier alpha value is -0.590. The van der Waals surface area contributed by atoms with Gasteiger partial charge in [-0.25, -0.2) is 0 Å². The molecule has 0 amide bonds. The van der Waals surface area contributed by atoms with Gasteiger partial charge in [0.2, 0.25) is 0 Å². The maximum Gasteiger partial charge on any atom is 0.116 e. The minimum Gasteiger partial charge on any atom is -0.375 e. The molecule has 0 saturated heterocycles. The van der Waals surface area contributed by atoms with E-state index in [-0.39, 0.29) is 0 Å². The van der Waals surface area contributed by atoms with E-state index in [9.17, 15) is 0 Å². The Morgan fingerprint density at radius 1 is 1.42 bits per heavy atom. The average Bonchev–Trinajstić information content (AvgIpc) is 2.16. The summed E-state index contributed by atoms with van der Waals surface area (Å²) in [6, 6.07) is 1.51. The summed E-state index contributed by atoms with van der Waals surface area (Å²) in [5, 5.41) is 8.41. The van der Waals surface area contributed by atoms with Gasteiger partial charge in [-0.1, -0.05) is 19.3 Å². The van der Waals surface area contributed by atoms with Gasteiger partial charge in [0.05, 0.1) is 18.8 Å². The molecule has 0 bridgehead atoms. The molecule has 1 fully saturated rings. The smallest absolute Gasteiger partial charge is 0.116 e. The number of hydrogen-bond donors (Lipinski definition) is 1. The quantitative estimate of drug-likeness (QED) is 0.688. The summed E-state index contributed by atoms with van der Waals surface area (Å²) in [6.45, 7) is 0.390. The summed E-state index contributed by atoms with van der Waals surface area (Å²) < 4.78 is 5.49. The van der Waals surface area contributed by atoms with Gasteiger partial charge in [-0.15, -0.1) is 0 Å².